The molecule has 0 saturated heterocycles. The first kappa shape index (κ1) is 71.8. The van der Waals surface area contributed by atoms with E-state index < -0.39 is 93.2 Å². The molecule has 15 N–H and O–H groups in total. The monoisotopic (exact) mass is 1090 g/mol. The van der Waals surface area contributed by atoms with Crippen molar-refractivity contribution in [1.29, 1.82) is 0 Å². The molecule has 0 saturated carbocycles. The minimum Gasteiger partial charge on any atom is -0.457 e. The van der Waals surface area contributed by atoms with Gasteiger partial charge in [-0.05, 0) is 0 Å². The van der Waals surface area contributed by atoms with Crippen molar-refractivity contribution < 1.29 is 196 Å². The van der Waals surface area contributed by atoms with Gasteiger partial charge in [-0.25, -0.2) is 50.5 Å². The maximum Gasteiger partial charge on any atom is 3.00 e. The minimum atomic E-state index is -6.72. The van der Waals surface area contributed by atoms with Gasteiger partial charge in [-0.1, -0.05) is 0 Å². The topological polar surface area (TPSA) is 412 Å². The van der Waals surface area contributed by atoms with E-state index in [4.69, 9.17) is 0 Å². The summed E-state index contributed by atoms with van der Waals surface area (Å²) in [5.74, 6) is 0. The molecular weight excluding hydrogens is 1080 g/mol. The predicted molar refractivity (Wildman–Crippen MR) is 124 cm³/mol. The van der Waals surface area contributed by atoms with Crippen LogP contribution in [0.4, 0.5) is 79.0 Å². The van der Waals surface area contributed by atoms with Gasteiger partial charge in [0.25, 0.3) is 0 Å². The second-order valence-electron chi connectivity index (χ2n) is 5.75. The predicted octanol–water partition coefficient (Wildman–Crippen LogP) is -1.43. The number of alkyl halides is 18. The average molecular weight is 1090 g/mol. The third-order valence-corrected chi connectivity index (χ3v) is 10.6. The van der Waals surface area contributed by atoms with Crippen molar-refractivity contribution in [2.75, 3.05) is 0 Å². The van der Waals surface area contributed by atoms with Crippen molar-refractivity contribution in [2.45, 2.75) is 33.0 Å². The molecule has 0 aromatic carbocycles. The van der Waals surface area contributed by atoms with Gasteiger partial charge >= 0.3 is 71.7 Å². The van der Waals surface area contributed by atoms with Crippen molar-refractivity contribution in [3.8, 4) is 0 Å². The summed E-state index contributed by atoms with van der Waals surface area (Å²) in [5.41, 5.74) is -37.2. The molecule has 0 rings (SSSR count). The number of rotatable bonds is 6. The second kappa shape index (κ2) is 20.9. The van der Waals surface area contributed by atoms with Crippen molar-refractivity contribution in [3.63, 3.8) is 0 Å². The van der Waals surface area contributed by atoms with Gasteiger partial charge in [-0.15, -0.1) is 0 Å². The molecular formula is C6H15F18N3O17S6Tb+5. The Labute approximate surface area is 299 Å². The SMILES string of the molecule is O=S(=O)([N-]S(=O)(=O)C(F)(F)F)C(F)(F)F.O=S(=O)([N-]S(=O)(=O)C(F)(F)F)C(F)(F)F.O=S(=O)([N-]S(=O)(=O)C(F)(F)F)C(F)(F)F.[OH3+].[OH3+].[OH3+].[OH3+].[OH3+].[Tb+3]. The summed E-state index contributed by atoms with van der Waals surface area (Å²) in [4.78, 5) is 0. The number of sulfonamides is 6. The molecule has 0 aromatic heterocycles. The fourth-order valence-electron chi connectivity index (χ4n) is 0.641. The van der Waals surface area contributed by atoms with Gasteiger partial charge in [-0.2, -0.15) is 79.0 Å². The minimum absolute atomic E-state index is 0. The van der Waals surface area contributed by atoms with Crippen LogP contribution in [0.1, 0.15) is 0 Å². The molecule has 20 nitrogen and oxygen atoms in total. The maximum absolute atomic E-state index is 11.4. The van der Waals surface area contributed by atoms with E-state index in [0.717, 1.165) is 12.4 Å². The first-order chi connectivity index (χ1) is 18.6. The third kappa shape index (κ3) is 21.8. The molecule has 0 unspecified atom stereocenters. The molecule has 0 atom stereocenters. The molecule has 0 aromatic rings. The van der Waals surface area contributed by atoms with Gasteiger partial charge in [0.1, 0.15) is 0 Å². The zero-order valence-electron chi connectivity index (χ0n) is 21.7. The Morgan fingerprint density at radius 3 is 0.333 bits per heavy atom. The zero-order valence-corrected chi connectivity index (χ0v) is 28.8. The number of nitrogens with zero attached hydrogens (tertiary/aromatic N) is 3. The van der Waals surface area contributed by atoms with Crippen LogP contribution in [0.3, 0.4) is 0 Å². The van der Waals surface area contributed by atoms with Gasteiger partial charge in [0, 0.05) is 0 Å². The summed E-state index contributed by atoms with van der Waals surface area (Å²) in [7, 11) is -40.3. The normalized spacial score (nSPS) is 13.5. The summed E-state index contributed by atoms with van der Waals surface area (Å²) in [6.07, 6.45) is 0. The fourth-order valence-corrected chi connectivity index (χ4v) is 5.77. The molecule has 0 radical (unpaired) electrons. The molecule has 322 valence electrons. The van der Waals surface area contributed by atoms with Crippen LogP contribution >= 0.6 is 0 Å². The van der Waals surface area contributed by atoms with Crippen LogP contribution in [0, 0.1) is 38.6 Å². The van der Waals surface area contributed by atoms with E-state index in [1.54, 1.807) is 0 Å². The second-order valence-corrected chi connectivity index (χ2v) is 16.0. The standard InChI is InChI=1S/3C2F6NO4S2.5H2O.Tb/c3*3-1(4,5)14(10,11)9-15(12,13)2(6,7)8;;;;;;/h;;;5*1H2;/q3*-1;;;;;;+3/p+5. The van der Waals surface area contributed by atoms with Crippen molar-refractivity contribution in [1.82, 2.24) is 0 Å². The van der Waals surface area contributed by atoms with Crippen LogP contribution in [0.5, 0.6) is 0 Å². The van der Waals surface area contributed by atoms with Gasteiger partial charge in [-0.3, -0.25) is 0 Å². The Hall–Kier alpha value is -0.594. The van der Waals surface area contributed by atoms with Crippen LogP contribution < -0.4 is 0 Å². The quantitative estimate of drug-likeness (QED) is 0.218. The zero-order chi connectivity index (χ0) is 38.1. The van der Waals surface area contributed by atoms with E-state index in [1.165, 1.54) is 0 Å². The Morgan fingerprint density at radius 2 is 0.294 bits per heavy atom. The van der Waals surface area contributed by atoms with E-state index in [0.29, 0.717) is 0 Å². The number of hydrogen-bond donors (Lipinski definition) is 0. The molecule has 0 fully saturated rings. The van der Waals surface area contributed by atoms with E-state index in [1.807, 2.05) is 0 Å². The smallest absolute Gasteiger partial charge is 0.457 e. The summed E-state index contributed by atoms with van der Waals surface area (Å²) in [6, 6.07) is 0. The van der Waals surface area contributed by atoms with Crippen LogP contribution in [0.2, 0.25) is 0 Å². The average Bonchev–Trinajstić information content (AvgIpc) is 2.61. The first-order valence-corrected chi connectivity index (χ1v) is 16.4. The molecule has 45 heteroatoms. The van der Waals surface area contributed by atoms with Crippen molar-refractivity contribution in [3.05, 3.63) is 12.4 Å². The molecule has 0 aliphatic rings. The van der Waals surface area contributed by atoms with Crippen LogP contribution in [-0.4, -0.2) is 83.6 Å². The molecule has 0 aliphatic heterocycles. The van der Waals surface area contributed by atoms with Gasteiger partial charge < -0.3 is 39.8 Å². The van der Waals surface area contributed by atoms with Crippen LogP contribution in [0.15, 0.2) is 0 Å². The largest absolute Gasteiger partial charge is 3.00 e. The van der Waals surface area contributed by atoms with E-state index in [2.05, 4.69) is 0 Å². The Balaban J connectivity index is -0.0000000700. The maximum atomic E-state index is 11.4. The molecule has 0 heterocycles. The Morgan fingerprint density at radius 1 is 0.235 bits per heavy atom. The number of hydrogen-bond acceptors (Lipinski definition) is 12. The molecule has 0 bridgehead atoms. The fraction of sp³-hybridized carbons (Fsp3) is 1.00. The summed E-state index contributed by atoms with van der Waals surface area (Å²) >= 11 is 0. The molecule has 51 heavy (non-hydrogen) atoms. The third-order valence-electron chi connectivity index (χ3n) is 2.34. The molecule has 0 aliphatic carbocycles. The number of halogens is 18. The summed E-state index contributed by atoms with van der Waals surface area (Å²) in [6.45, 7) is 0. The van der Waals surface area contributed by atoms with E-state index in [-0.39, 0.29) is 66.0 Å². The van der Waals surface area contributed by atoms with Crippen LogP contribution in [-0.2, 0) is 87.5 Å². The Bertz CT molecular complexity index is 1370. The van der Waals surface area contributed by atoms with E-state index >= 15 is 0 Å². The molecule has 0 spiro atoms. The summed E-state index contributed by atoms with van der Waals surface area (Å²) < 4.78 is 328. The van der Waals surface area contributed by atoms with Crippen LogP contribution in [0.25, 0.3) is 12.4 Å². The van der Waals surface area contributed by atoms with E-state index in [9.17, 15) is 130 Å². The Kier molecular flexibility index (Phi) is 29.4. The first-order valence-electron chi connectivity index (χ1n) is 7.72. The van der Waals surface area contributed by atoms with Crippen molar-refractivity contribution >= 4 is 60.1 Å². The van der Waals surface area contributed by atoms with Crippen molar-refractivity contribution in [2.24, 2.45) is 0 Å². The van der Waals surface area contributed by atoms with Gasteiger partial charge in [0.2, 0.25) is 0 Å². The van der Waals surface area contributed by atoms with Gasteiger partial charge in [0.05, 0.1) is 0 Å². The van der Waals surface area contributed by atoms with Gasteiger partial charge in [0.15, 0.2) is 60.1 Å². The summed E-state index contributed by atoms with van der Waals surface area (Å²) in [5, 5.41) is 0. The molecule has 0 amide bonds.